The van der Waals surface area contributed by atoms with Crippen LogP contribution in [0.25, 0.3) is 28.0 Å². The summed E-state index contributed by atoms with van der Waals surface area (Å²) in [6, 6.07) is 21.9. The van der Waals surface area contributed by atoms with Gasteiger partial charge in [-0.15, -0.1) is 0 Å². The van der Waals surface area contributed by atoms with E-state index in [-0.39, 0.29) is 0 Å². The van der Waals surface area contributed by atoms with Gasteiger partial charge in [0.2, 0.25) is 0 Å². The fourth-order valence-corrected chi connectivity index (χ4v) is 2.90. The Balaban J connectivity index is 1.95. The van der Waals surface area contributed by atoms with Gasteiger partial charge in [0, 0.05) is 0 Å². The Morgan fingerprint density at radius 1 is 0.737 bits per heavy atom. The van der Waals surface area contributed by atoms with E-state index in [2.05, 4.69) is 72.8 Å². The average molecular weight is 242 g/mol. The summed E-state index contributed by atoms with van der Waals surface area (Å²) in [5.74, 6) is 0. The summed E-state index contributed by atoms with van der Waals surface area (Å²) in [6.07, 6.45) is 5.56. The zero-order valence-corrected chi connectivity index (χ0v) is 10.6. The molecule has 0 atom stereocenters. The highest BCUT2D eigenvalue weighted by molar-refractivity contribution is 5.89. The van der Waals surface area contributed by atoms with Gasteiger partial charge in [-0.1, -0.05) is 66.7 Å². The van der Waals surface area contributed by atoms with Crippen molar-refractivity contribution >= 4 is 16.8 Å². The first-order valence-corrected chi connectivity index (χ1v) is 6.69. The lowest BCUT2D eigenvalue weighted by Gasteiger charge is -2.09. The number of hydrogen-bond acceptors (Lipinski definition) is 0. The molecule has 0 nitrogen and oxygen atoms in total. The van der Waals surface area contributed by atoms with E-state index in [0.717, 1.165) is 6.42 Å². The number of rotatable bonds is 1. The second-order valence-corrected chi connectivity index (χ2v) is 5.05. The quantitative estimate of drug-likeness (QED) is 0.558. The van der Waals surface area contributed by atoms with E-state index in [1.165, 1.54) is 33.0 Å². The molecule has 0 heteroatoms. The summed E-state index contributed by atoms with van der Waals surface area (Å²) >= 11 is 0. The van der Waals surface area contributed by atoms with Crippen molar-refractivity contribution in [3.8, 4) is 11.1 Å². The summed E-state index contributed by atoms with van der Waals surface area (Å²) in [6.45, 7) is 0. The lowest BCUT2D eigenvalue weighted by atomic mass is 9.95. The van der Waals surface area contributed by atoms with Crippen molar-refractivity contribution in [2.24, 2.45) is 0 Å². The Hall–Kier alpha value is -2.34. The van der Waals surface area contributed by atoms with Crippen molar-refractivity contribution in [2.75, 3.05) is 0 Å². The van der Waals surface area contributed by atoms with Crippen LogP contribution in [0.15, 0.2) is 66.7 Å². The fraction of sp³-hybridized carbons (Fsp3) is 0.0526. The Bertz CT molecular complexity index is 794. The summed E-state index contributed by atoms with van der Waals surface area (Å²) in [7, 11) is 0. The van der Waals surface area contributed by atoms with Crippen molar-refractivity contribution in [3.05, 3.63) is 77.9 Å². The molecule has 3 aromatic rings. The van der Waals surface area contributed by atoms with Crippen molar-refractivity contribution in [3.63, 3.8) is 0 Å². The number of allylic oxidation sites excluding steroid dienone is 1. The first kappa shape index (κ1) is 10.6. The van der Waals surface area contributed by atoms with E-state index in [4.69, 9.17) is 0 Å². The van der Waals surface area contributed by atoms with Gasteiger partial charge in [-0.2, -0.15) is 0 Å². The van der Waals surface area contributed by atoms with Crippen LogP contribution in [0.1, 0.15) is 11.1 Å². The van der Waals surface area contributed by atoms with Crippen molar-refractivity contribution < 1.29 is 0 Å². The molecular formula is C19H14. The first-order valence-electron chi connectivity index (χ1n) is 6.69. The Morgan fingerprint density at radius 2 is 1.63 bits per heavy atom. The van der Waals surface area contributed by atoms with Crippen LogP contribution in [0.2, 0.25) is 0 Å². The smallest absolute Gasteiger partial charge is 0.00879 e. The van der Waals surface area contributed by atoms with Gasteiger partial charge >= 0.3 is 0 Å². The molecule has 1 aliphatic rings. The maximum atomic E-state index is 2.29. The maximum Gasteiger partial charge on any atom is -0.00879 e. The van der Waals surface area contributed by atoms with Gasteiger partial charge in [0.15, 0.2) is 0 Å². The third kappa shape index (κ3) is 1.68. The molecule has 19 heavy (non-hydrogen) atoms. The van der Waals surface area contributed by atoms with Crippen LogP contribution >= 0.6 is 0 Å². The molecule has 0 saturated heterocycles. The van der Waals surface area contributed by atoms with Gasteiger partial charge in [0.05, 0.1) is 0 Å². The molecule has 0 spiro atoms. The predicted molar refractivity (Wildman–Crippen MR) is 82.1 cm³/mol. The van der Waals surface area contributed by atoms with Gasteiger partial charge in [0.1, 0.15) is 0 Å². The van der Waals surface area contributed by atoms with Crippen molar-refractivity contribution in [2.45, 2.75) is 6.42 Å². The van der Waals surface area contributed by atoms with Crippen molar-refractivity contribution in [1.82, 2.24) is 0 Å². The largest absolute Gasteiger partial charge is 0.0795 e. The third-order valence-electron chi connectivity index (χ3n) is 3.88. The molecule has 4 rings (SSSR count). The van der Waals surface area contributed by atoms with E-state index >= 15 is 0 Å². The summed E-state index contributed by atoms with van der Waals surface area (Å²) in [5.41, 5.74) is 5.47. The normalized spacial score (nSPS) is 12.8. The Labute approximate surface area is 113 Å². The lowest BCUT2D eigenvalue weighted by molar-refractivity contribution is 1.31. The molecular weight excluding hydrogens is 228 g/mol. The summed E-state index contributed by atoms with van der Waals surface area (Å²) in [5, 5.41) is 2.61. The second kappa shape index (κ2) is 4.10. The standard InChI is InChI=1S/C19H14/c1-2-6-16-13-17(12-11-14(16)5-1)19-10-4-8-15-7-3-9-18(15)19/h1-6,8-13H,7H2. The minimum atomic E-state index is 1.07. The Morgan fingerprint density at radius 3 is 2.58 bits per heavy atom. The molecule has 0 radical (unpaired) electrons. The predicted octanol–water partition coefficient (Wildman–Crippen LogP) is 5.08. The number of benzene rings is 3. The zero-order chi connectivity index (χ0) is 12.7. The lowest BCUT2D eigenvalue weighted by Crippen LogP contribution is -1.87. The molecule has 0 aliphatic heterocycles. The fourth-order valence-electron chi connectivity index (χ4n) is 2.90. The molecule has 0 heterocycles. The summed E-state index contributed by atoms with van der Waals surface area (Å²) < 4.78 is 0. The number of fused-ring (bicyclic) bond motifs is 2. The Kier molecular flexibility index (Phi) is 2.28. The molecule has 0 unspecified atom stereocenters. The zero-order valence-electron chi connectivity index (χ0n) is 10.6. The van der Waals surface area contributed by atoms with E-state index in [9.17, 15) is 0 Å². The summed E-state index contributed by atoms with van der Waals surface area (Å²) in [4.78, 5) is 0. The first-order chi connectivity index (χ1) is 9.42. The van der Waals surface area contributed by atoms with Crippen molar-refractivity contribution in [1.29, 1.82) is 0 Å². The third-order valence-corrected chi connectivity index (χ3v) is 3.88. The van der Waals surface area contributed by atoms with Crippen LogP contribution in [-0.4, -0.2) is 0 Å². The topological polar surface area (TPSA) is 0 Å². The highest BCUT2D eigenvalue weighted by Crippen LogP contribution is 2.32. The molecule has 0 amide bonds. The number of hydrogen-bond donors (Lipinski definition) is 0. The molecule has 0 saturated carbocycles. The van der Waals surface area contributed by atoms with Gasteiger partial charge in [0.25, 0.3) is 0 Å². The average Bonchev–Trinajstić information content (AvgIpc) is 2.95. The van der Waals surface area contributed by atoms with Crippen LogP contribution in [0.3, 0.4) is 0 Å². The monoisotopic (exact) mass is 242 g/mol. The van der Waals surface area contributed by atoms with Crippen LogP contribution in [0, 0.1) is 0 Å². The minimum Gasteiger partial charge on any atom is -0.0795 e. The van der Waals surface area contributed by atoms with E-state index in [1.54, 1.807) is 0 Å². The molecule has 0 N–H and O–H groups in total. The van der Waals surface area contributed by atoms with Gasteiger partial charge in [-0.3, -0.25) is 0 Å². The van der Waals surface area contributed by atoms with Gasteiger partial charge in [-0.25, -0.2) is 0 Å². The maximum absolute atomic E-state index is 2.29. The SMILES string of the molecule is C1=Cc2c(cccc2-c2ccc3ccccc3c2)C1. The van der Waals surface area contributed by atoms with E-state index in [0.29, 0.717) is 0 Å². The molecule has 1 aliphatic carbocycles. The van der Waals surface area contributed by atoms with Gasteiger partial charge in [-0.05, 0) is 45.5 Å². The molecule has 0 aromatic heterocycles. The molecule has 0 bridgehead atoms. The molecule has 3 aromatic carbocycles. The second-order valence-electron chi connectivity index (χ2n) is 5.05. The highest BCUT2D eigenvalue weighted by Gasteiger charge is 2.10. The van der Waals surface area contributed by atoms with Gasteiger partial charge < -0.3 is 0 Å². The van der Waals surface area contributed by atoms with Crippen LogP contribution < -0.4 is 0 Å². The van der Waals surface area contributed by atoms with E-state index < -0.39 is 0 Å². The molecule has 90 valence electrons. The minimum absolute atomic E-state index is 1.07. The highest BCUT2D eigenvalue weighted by atomic mass is 14.1. The van der Waals surface area contributed by atoms with Crippen LogP contribution in [0.4, 0.5) is 0 Å². The molecule has 0 fully saturated rings. The van der Waals surface area contributed by atoms with Crippen LogP contribution in [0.5, 0.6) is 0 Å². The van der Waals surface area contributed by atoms with E-state index in [1.807, 2.05) is 0 Å². The van der Waals surface area contributed by atoms with Crippen LogP contribution in [-0.2, 0) is 6.42 Å².